The highest BCUT2D eigenvalue weighted by Crippen LogP contribution is 2.43. The Morgan fingerprint density at radius 3 is 2.48 bits per heavy atom. The largest absolute Gasteiger partial charge is 0.465 e. The molecule has 0 saturated heterocycles. The molecule has 1 aromatic heterocycles. The van der Waals surface area contributed by atoms with Crippen LogP contribution in [0.25, 0.3) is 0 Å². The third-order valence-electron chi connectivity index (χ3n) is 5.21. The molecule has 2 heterocycles. The molecule has 2 unspecified atom stereocenters. The van der Waals surface area contributed by atoms with Crippen LogP contribution in [0.4, 0.5) is 18.9 Å². The van der Waals surface area contributed by atoms with Gasteiger partial charge in [-0.25, -0.2) is 4.98 Å². The molecule has 3 rings (SSSR count). The molecule has 0 saturated carbocycles. The zero-order valence-electron chi connectivity index (χ0n) is 17.6. The van der Waals surface area contributed by atoms with Gasteiger partial charge >= 0.3 is 12.1 Å². The molecule has 0 fully saturated rings. The minimum atomic E-state index is -4.65. The Morgan fingerprint density at radius 2 is 1.94 bits per heavy atom. The number of hydrogen-bond acceptors (Lipinski definition) is 6. The second-order valence-electron chi connectivity index (χ2n) is 7.13. The van der Waals surface area contributed by atoms with Gasteiger partial charge in [0.25, 0.3) is 0 Å². The summed E-state index contributed by atoms with van der Waals surface area (Å²) in [5, 5.41) is 18.9. The second kappa shape index (κ2) is 9.13. The Hall–Kier alpha value is -4.18. The van der Waals surface area contributed by atoms with Crippen molar-refractivity contribution in [2.24, 2.45) is 5.92 Å². The number of allylic oxidation sites excluding steroid dienone is 2. The van der Waals surface area contributed by atoms with Crippen LogP contribution in [0.15, 0.2) is 53.9 Å². The molecule has 7 nitrogen and oxygen atoms in total. The summed E-state index contributed by atoms with van der Waals surface area (Å²) in [5.74, 6) is -4.37. The van der Waals surface area contributed by atoms with Crippen molar-refractivity contribution in [1.29, 1.82) is 10.5 Å². The number of nitriles is 2. The number of halogens is 3. The van der Waals surface area contributed by atoms with Gasteiger partial charge in [-0.1, -0.05) is 12.1 Å². The van der Waals surface area contributed by atoms with Gasteiger partial charge in [0, 0.05) is 23.5 Å². The van der Waals surface area contributed by atoms with Gasteiger partial charge in [-0.2, -0.15) is 23.7 Å². The van der Waals surface area contributed by atoms with E-state index in [0.717, 1.165) is 23.1 Å². The second-order valence-corrected chi connectivity index (χ2v) is 7.13. The zero-order valence-corrected chi connectivity index (χ0v) is 17.6. The van der Waals surface area contributed by atoms with Gasteiger partial charge in [0.15, 0.2) is 0 Å². The molecule has 10 heteroatoms. The maximum atomic E-state index is 13.5. The van der Waals surface area contributed by atoms with Gasteiger partial charge in [-0.15, -0.1) is 0 Å². The molecule has 2 atom stereocenters. The number of esters is 1. The minimum absolute atomic E-state index is 0.00317. The molecule has 0 spiro atoms. The molecular weight excluding hydrogens is 437 g/mol. The Labute approximate surface area is 187 Å². The van der Waals surface area contributed by atoms with Crippen molar-refractivity contribution in [3.8, 4) is 12.1 Å². The number of amides is 1. The molecule has 1 amide bonds. The van der Waals surface area contributed by atoms with Gasteiger partial charge in [0.1, 0.15) is 17.7 Å². The molecule has 168 valence electrons. The fourth-order valence-electron chi connectivity index (χ4n) is 3.74. The third-order valence-corrected chi connectivity index (χ3v) is 5.21. The molecule has 2 aromatic rings. The molecule has 33 heavy (non-hydrogen) atoms. The predicted molar refractivity (Wildman–Crippen MR) is 109 cm³/mol. The lowest BCUT2D eigenvalue weighted by molar-refractivity contribution is -0.152. The van der Waals surface area contributed by atoms with Crippen LogP contribution in [-0.4, -0.2) is 23.5 Å². The van der Waals surface area contributed by atoms with Crippen LogP contribution in [-0.2, 0) is 20.5 Å². The van der Waals surface area contributed by atoms with E-state index in [9.17, 15) is 28.0 Å². The molecule has 0 aliphatic carbocycles. The Balaban J connectivity index is 2.23. The van der Waals surface area contributed by atoms with Crippen LogP contribution in [0.5, 0.6) is 0 Å². The van der Waals surface area contributed by atoms with E-state index < -0.39 is 35.5 Å². The highest BCUT2D eigenvalue weighted by molar-refractivity contribution is 6.10. The lowest BCUT2D eigenvalue weighted by atomic mass is 9.76. The van der Waals surface area contributed by atoms with Gasteiger partial charge in [0.05, 0.1) is 23.8 Å². The van der Waals surface area contributed by atoms with Crippen LogP contribution in [0, 0.1) is 28.6 Å². The van der Waals surface area contributed by atoms with Crippen molar-refractivity contribution in [2.75, 3.05) is 11.5 Å². The summed E-state index contributed by atoms with van der Waals surface area (Å²) in [4.78, 5) is 31.2. The van der Waals surface area contributed by atoms with Crippen LogP contribution in [0.2, 0.25) is 0 Å². The van der Waals surface area contributed by atoms with E-state index in [2.05, 4.69) is 4.98 Å². The summed E-state index contributed by atoms with van der Waals surface area (Å²) in [6.07, 6.45) is -3.37. The molecule has 0 N–H and O–H groups in total. The van der Waals surface area contributed by atoms with E-state index in [4.69, 9.17) is 10.00 Å². The number of pyridine rings is 1. The first kappa shape index (κ1) is 23.5. The first-order valence-electron chi connectivity index (χ1n) is 9.78. The molecule has 1 aliphatic rings. The van der Waals surface area contributed by atoms with Crippen LogP contribution >= 0.6 is 0 Å². The van der Waals surface area contributed by atoms with Crippen molar-refractivity contribution in [1.82, 2.24) is 4.98 Å². The normalized spacial score (nSPS) is 18.5. The number of ether oxygens (including phenoxy) is 1. The predicted octanol–water partition coefficient (Wildman–Crippen LogP) is 4.08. The molecule has 1 aromatic carbocycles. The fourth-order valence-corrected chi connectivity index (χ4v) is 3.74. The Morgan fingerprint density at radius 1 is 1.21 bits per heavy atom. The van der Waals surface area contributed by atoms with E-state index in [-0.39, 0.29) is 29.3 Å². The SMILES string of the molecule is CCOC(=O)C1C(=O)N(c2cccc(C(F)(F)F)c2)C(C)=C(C#N)C1c1ccc(C#N)nc1. The monoisotopic (exact) mass is 454 g/mol. The van der Waals surface area contributed by atoms with Crippen molar-refractivity contribution >= 4 is 17.6 Å². The highest BCUT2D eigenvalue weighted by Gasteiger charge is 2.47. The van der Waals surface area contributed by atoms with Crippen LogP contribution < -0.4 is 4.90 Å². The summed E-state index contributed by atoms with van der Waals surface area (Å²) in [7, 11) is 0. The minimum Gasteiger partial charge on any atom is -0.465 e. The van der Waals surface area contributed by atoms with Crippen molar-refractivity contribution in [3.05, 3.63) is 70.7 Å². The van der Waals surface area contributed by atoms with E-state index in [0.29, 0.717) is 5.56 Å². The average Bonchev–Trinajstić information content (AvgIpc) is 2.78. The summed E-state index contributed by atoms with van der Waals surface area (Å²) in [6, 6.07) is 10.8. The number of hydrogen-bond donors (Lipinski definition) is 0. The molecule has 1 aliphatic heterocycles. The van der Waals surface area contributed by atoms with E-state index in [1.807, 2.05) is 12.1 Å². The van der Waals surface area contributed by atoms with Crippen LogP contribution in [0.1, 0.15) is 36.6 Å². The first-order valence-corrected chi connectivity index (χ1v) is 9.78. The van der Waals surface area contributed by atoms with Crippen molar-refractivity contribution in [2.45, 2.75) is 25.9 Å². The number of benzene rings is 1. The Kier molecular flexibility index (Phi) is 6.50. The number of rotatable bonds is 4. The average molecular weight is 454 g/mol. The number of carbonyl (C=O) groups is 2. The Bertz CT molecular complexity index is 1210. The number of nitrogens with zero attached hydrogens (tertiary/aromatic N) is 4. The molecule has 0 bridgehead atoms. The topological polar surface area (TPSA) is 107 Å². The van der Waals surface area contributed by atoms with Crippen molar-refractivity contribution in [3.63, 3.8) is 0 Å². The smallest absolute Gasteiger partial charge is 0.416 e. The van der Waals surface area contributed by atoms with Crippen LogP contribution in [0.3, 0.4) is 0 Å². The van der Waals surface area contributed by atoms with Gasteiger partial charge < -0.3 is 4.74 Å². The van der Waals surface area contributed by atoms with Gasteiger partial charge in [0.2, 0.25) is 5.91 Å². The standard InChI is InChI=1S/C23H17F3N4O3/c1-3-33-22(32)20-19(14-7-8-16(10-27)29-12-14)18(11-28)13(2)30(21(20)31)17-6-4-5-15(9-17)23(24,25)26/h4-9,12,19-20H,3H2,1-2H3. The van der Waals surface area contributed by atoms with Crippen molar-refractivity contribution < 1.29 is 27.5 Å². The van der Waals surface area contributed by atoms with E-state index >= 15 is 0 Å². The third kappa shape index (κ3) is 4.41. The number of anilines is 1. The lowest BCUT2D eigenvalue weighted by Crippen LogP contribution is -2.47. The first-order chi connectivity index (χ1) is 15.6. The fraction of sp³-hybridized carbons (Fsp3) is 0.261. The van der Waals surface area contributed by atoms with E-state index in [1.165, 1.54) is 31.3 Å². The number of aromatic nitrogens is 1. The van der Waals surface area contributed by atoms with E-state index in [1.54, 1.807) is 6.92 Å². The summed E-state index contributed by atoms with van der Waals surface area (Å²) in [6.45, 7) is 2.91. The maximum Gasteiger partial charge on any atom is 0.416 e. The number of carbonyl (C=O) groups excluding carboxylic acids is 2. The zero-order chi connectivity index (χ0) is 24.3. The summed E-state index contributed by atoms with van der Waals surface area (Å²) in [5.41, 5.74) is -0.623. The quantitative estimate of drug-likeness (QED) is 0.509. The maximum absolute atomic E-state index is 13.5. The summed E-state index contributed by atoms with van der Waals surface area (Å²) >= 11 is 0. The number of alkyl halides is 3. The molecule has 0 radical (unpaired) electrons. The summed E-state index contributed by atoms with van der Waals surface area (Å²) < 4.78 is 44.8. The lowest BCUT2D eigenvalue weighted by Gasteiger charge is -2.37. The highest BCUT2D eigenvalue weighted by atomic mass is 19.4. The van der Waals surface area contributed by atoms with Gasteiger partial charge in [-0.3, -0.25) is 14.5 Å². The molecular formula is C23H17F3N4O3. The van der Waals surface area contributed by atoms with Gasteiger partial charge in [-0.05, 0) is 43.7 Å².